The zero-order valence-electron chi connectivity index (χ0n) is 11.9. The van der Waals surface area contributed by atoms with E-state index < -0.39 is 21.2 Å². The number of sulfone groups is 1. The van der Waals surface area contributed by atoms with Crippen LogP contribution in [0.2, 0.25) is 0 Å². The number of amides is 1. The Labute approximate surface area is 119 Å². The molecule has 0 spiro atoms. The van der Waals surface area contributed by atoms with E-state index in [1.165, 1.54) is 0 Å². The molecule has 6 nitrogen and oxygen atoms in total. The van der Waals surface area contributed by atoms with Crippen molar-refractivity contribution in [3.63, 3.8) is 0 Å². The molecule has 1 rings (SSSR count). The Morgan fingerprint density at radius 1 is 1.15 bits per heavy atom. The summed E-state index contributed by atoms with van der Waals surface area (Å²) in [7, 11) is -3.10. The number of carboxylic acid groups (broad SMARTS) is 1. The summed E-state index contributed by atoms with van der Waals surface area (Å²) in [6, 6.07) is 0. The van der Waals surface area contributed by atoms with Crippen molar-refractivity contribution in [1.29, 1.82) is 0 Å². The fourth-order valence-electron chi connectivity index (χ4n) is 2.82. The molecule has 0 aromatic heterocycles. The molecule has 0 saturated heterocycles. The van der Waals surface area contributed by atoms with Crippen molar-refractivity contribution < 1.29 is 23.1 Å². The minimum atomic E-state index is -3.10. The van der Waals surface area contributed by atoms with Gasteiger partial charge in [0, 0.05) is 19.2 Å². The summed E-state index contributed by atoms with van der Waals surface area (Å²) in [5.41, 5.74) is -0.459. The molecule has 0 aliphatic heterocycles. The van der Waals surface area contributed by atoms with E-state index in [0.717, 1.165) is 38.4 Å². The van der Waals surface area contributed by atoms with Gasteiger partial charge in [0.25, 0.3) is 0 Å². The number of carbonyl (C=O) groups excluding carboxylic acids is 1. The molecule has 116 valence electrons. The summed E-state index contributed by atoms with van der Waals surface area (Å²) >= 11 is 0. The van der Waals surface area contributed by atoms with E-state index in [-0.39, 0.29) is 31.0 Å². The van der Waals surface area contributed by atoms with Crippen molar-refractivity contribution >= 4 is 21.7 Å². The van der Waals surface area contributed by atoms with Crippen LogP contribution in [0.25, 0.3) is 0 Å². The quantitative estimate of drug-likeness (QED) is 0.729. The zero-order chi connectivity index (χ0) is 15.2. The third-order valence-electron chi connectivity index (χ3n) is 3.77. The van der Waals surface area contributed by atoms with Gasteiger partial charge in [-0.15, -0.1) is 0 Å². The summed E-state index contributed by atoms with van der Waals surface area (Å²) in [6.45, 7) is 0.0841. The number of hydrogen-bond donors (Lipinski definition) is 2. The van der Waals surface area contributed by atoms with E-state index in [2.05, 4.69) is 5.32 Å². The van der Waals surface area contributed by atoms with Gasteiger partial charge in [0.15, 0.2) is 0 Å². The van der Waals surface area contributed by atoms with E-state index in [9.17, 15) is 18.0 Å². The van der Waals surface area contributed by atoms with Crippen molar-refractivity contribution in [3.05, 3.63) is 0 Å². The second-order valence-corrected chi connectivity index (χ2v) is 8.05. The summed E-state index contributed by atoms with van der Waals surface area (Å²) in [4.78, 5) is 22.9. The number of hydrogen-bond acceptors (Lipinski definition) is 4. The lowest BCUT2D eigenvalue weighted by molar-refractivity contribution is -0.141. The molecule has 0 aromatic carbocycles. The molecule has 0 atom stereocenters. The van der Waals surface area contributed by atoms with Gasteiger partial charge in [0.05, 0.1) is 12.2 Å². The standard InChI is InChI=1S/C13H23NO5S/c1-20(18,19)8-7-14-11(15)9-13(10-12(16)17)5-3-2-4-6-13/h2-10H2,1H3,(H,14,15)(H,16,17). The van der Waals surface area contributed by atoms with Crippen LogP contribution in [0.15, 0.2) is 0 Å². The molecule has 0 aromatic rings. The van der Waals surface area contributed by atoms with Crippen molar-refractivity contribution in [2.24, 2.45) is 5.41 Å². The number of carbonyl (C=O) groups is 2. The molecule has 0 bridgehead atoms. The Morgan fingerprint density at radius 3 is 2.25 bits per heavy atom. The third-order valence-corrected chi connectivity index (χ3v) is 4.72. The highest BCUT2D eigenvalue weighted by Gasteiger charge is 2.36. The van der Waals surface area contributed by atoms with E-state index in [1.807, 2.05) is 0 Å². The van der Waals surface area contributed by atoms with Crippen molar-refractivity contribution in [2.75, 3.05) is 18.6 Å². The molecule has 1 saturated carbocycles. The largest absolute Gasteiger partial charge is 0.481 e. The molecule has 1 aliphatic carbocycles. The molecule has 2 N–H and O–H groups in total. The maximum absolute atomic E-state index is 11.9. The summed E-state index contributed by atoms with van der Waals surface area (Å²) in [5.74, 6) is -1.22. The fraction of sp³-hybridized carbons (Fsp3) is 0.846. The topological polar surface area (TPSA) is 101 Å². The predicted molar refractivity (Wildman–Crippen MR) is 75.1 cm³/mol. The Morgan fingerprint density at radius 2 is 1.75 bits per heavy atom. The number of aliphatic carboxylic acids is 1. The third kappa shape index (κ3) is 6.36. The Kier molecular flexibility index (Phi) is 5.98. The SMILES string of the molecule is CS(=O)(=O)CCNC(=O)CC1(CC(=O)O)CCCCC1. The molecule has 1 aliphatic rings. The molecule has 20 heavy (non-hydrogen) atoms. The van der Waals surface area contributed by atoms with E-state index in [0.29, 0.717) is 0 Å². The van der Waals surface area contributed by atoms with Gasteiger partial charge in [-0.3, -0.25) is 9.59 Å². The first-order valence-electron chi connectivity index (χ1n) is 6.89. The van der Waals surface area contributed by atoms with Crippen LogP contribution in [0, 0.1) is 5.41 Å². The maximum atomic E-state index is 11.9. The zero-order valence-corrected chi connectivity index (χ0v) is 12.7. The predicted octanol–water partition coefficient (Wildman–Crippen LogP) is 0.962. The summed E-state index contributed by atoms with van der Waals surface area (Å²) < 4.78 is 22.0. The normalized spacial score (nSPS) is 18.4. The summed E-state index contributed by atoms with van der Waals surface area (Å²) in [5, 5.41) is 11.6. The molecule has 0 heterocycles. The number of rotatable bonds is 7. The Bertz CT molecular complexity index is 451. The van der Waals surface area contributed by atoms with Crippen LogP contribution in [-0.2, 0) is 19.4 Å². The van der Waals surface area contributed by atoms with Gasteiger partial charge >= 0.3 is 5.97 Å². The fourth-order valence-corrected chi connectivity index (χ4v) is 3.29. The van der Waals surface area contributed by atoms with E-state index in [1.54, 1.807) is 0 Å². The lowest BCUT2D eigenvalue weighted by atomic mass is 9.69. The van der Waals surface area contributed by atoms with Crippen LogP contribution in [-0.4, -0.2) is 44.0 Å². The molecule has 0 unspecified atom stereocenters. The monoisotopic (exact) mass is 305 g/mol. The van der Waals surface area contributed by atoms with Gasteiger partial charge in [0.2, 0.25) is 5.91 Å². The highest BCUT2D eigenvalue weighted by molar-refractivity contribution is 7.90. The Balaban J connectivity index is 2.52. The molecular weight excluding hydrogens is 282 g/mol. The maximum Gasteiger partial charge on any atom is 0.303 e. The molecular formula is C13H23NO5S. The number of nitrogens with one attached hydrogen (secondary N) is 1. The molecule has 7 heteroatoms. The van der Waals surface area contributed by atoms with E-state index in [4.69, 9.17) is 5.11 Å². The minimum absolute atomic E-state index is 0.00644. The first-order chi connectivity index (χ1) is 9.22. The van der Waals surface area contributed by atoms with E-state index >= 15 is 0 Å². The van der Waals surface area contributed by atoms with Crippen molar-refractivity contribution in [2.45, 2.75) is 44.9 Å². The van der Waals surface area contributed by atoms with Gasteiger partial charge in [-0.2, -0.15) is 0 Å². The molecule has 1 fully saturated rings. The minimum Gasteiger partial charge on any atom is -0.481 e. The molecule has 1 amide bonds. The summed E-state index contributed by atoms with van der Waals surface area (Å²) in [6.07, 6.45) is 5.77. The van der Waals surface area contributed by atoms with Crippen LogP contribution >= 0.6 is 0 Å². The van der Waals surface area contributed by atoms with Crippen LogP contribution < -0.4 is 5.32 Å². The first kappa shape index (κ1) is 16.9. The van der Waals surface area contributed by atoms with Crippen LogP contribution in [0.5, 0.6) is 0 Å². The van der Waals surface area contributed by atoms with Crippen LogP contribution in [0.1, 0.15) is 44.9 Å². The van der Waals surface area contributed by atoms with Gasteiger partial charge in [-0.1, -0.05) is 19.3 Å². The smallest absolute Gasteiger partial charge is 0.303 e. The van der Waals surface area contributed by atoms with Crippen molar-refractivity contribution in [1.82, 2.24) is 5.32 Å². The average molecular weight is 305 g/mol. The highest BCUT2D eigenvalue weighted by atomic mass is 32.2. The average Bonchev–Trinajstić information content (AvgIpc) is 2.26. The lowest BCUT2D eigenvalue weighted by Crippen LogP contribution is -2.36. The van der Waals surface area contributed by atoms with Crippen molar-refractivity contribution in [3.8, 4) is 0 Å². The van der Waals surface area contributed by atoms with Gasteiger partial charge < -0.3 is 10.4 Å². The van der Waals surface area contributed by atoms with Gasteiger partial charge in [-0.05, 0) is 18.3 Å². The lowest BCUT2D eigenvalue weighted by Gasteiger charge is -2.35. The highest BCUT2D eigenvalue weighted by Crippen LogP contribution is 2.42. The second-order valence-electron chi connectivity index (χ2n) is 5.79. The van der Waals surface area contributed by atoms with Crippen LogP contribution in [0.3, 0.4) is 0 Å². The second kappa shape index (κ2) is 7.06. The Hall–Kier alpha value is -1.11. The van der Waals surface area contributed by atoms with Crippen LogP contribution in [0.4, 0.5) is 0 Å². The molecule has 0 radical (unpaired) electrons. The van der Waals surface area contributed by atoms with Gasteiger partial charge in [0.1, 0.15) is 9.84 Å². The first-order valence-corrected chi connectivity index (χ1v) is 8.95. The van der Waals surface area contributed by atoms with Gasteiger partial charge in [-0.25, -0.2) is 8.42 Å². The number of carboxylic acids is 1.